The van der Waals surface area contributed by atoms with Crippen LogP contribution in [0.3, 0.4) is 0 Å². The lowest BCUT2D eigenvalue weighted by atomic mass is 9.73. The van der Waals surface area contributed by atoms with Crippen LogP contribution >= 0.6 is 12.2 Å². The minimum Gasteiger partial charge on any atom is -0.392 e. The summed E-state index contributed by atoms with van der Waals surface area (Å²) < 4.78 is 27.8. The number of carbonyl (C=O) groups is 1. The molecule has 3 nitrogen and oxygen atoms in total. The highest BCUT2D eigenvalue weighted by atomic mass is 32.1. The lowest BCUT2D eigenvalue weighted by Crippen LogP contribution is -2.47. The van der Waals surface area contributed by atoms with E-state index in [1.807, 2.05) is 0 Å². The average molecular weight is 312 g/mol. The molecule has 0 heterocycles. The SMILES string of the molecule is Cc1ccc(F)c(NC(=O)C2(C(N)=S)CCCCC2)c1F. The van der Waals surface area contributed by atoms with E-state index in [1.165, 1.54) is 13.0 Å². The van der Waals surface area contributed by atoms with E-state index in [9.17, 15) is 13.6 Å². The number of halogens is 2. The normalized spacial score (nSPS) is 17.3. The molecule has 1 saturated carbocycles. The Balaban J connectivity index is 2.32. The first kappa shape index (κ1) is 15.8. The van der Waals surface area contributed by atoms with Gasteiger partial charge in [-0.1, -0.05) is 37.5 Å². The monoisotopic (exact) mass is 312 g/mol. The molecule has 0 aliphatic heterocycles. The molecule has 3 N–H and O–H groups in total. The molecular formula is C15H18F2N2OS. The van der Waals surface area contributed by atoms with Crippen LogP contribution in [-0.4, -0.2) is 10.9 Å². The number of benzene rings is 1. The van der Waals surface area contributed by atoms with Gasteiger partial charge in [0, 0.05) is 0 Å². The van der Waals surface area contributed by atoms with E-state index in [2.05, 4.69) is 5.32 Å². The van der Waals surface area contributed by atoms with Crippen molar-refractivity contribution in [2.75, 3.05) is 5.32 Å². The van der Waals surface area contributed by atoms with Gasteiger partial charge in [-0.05, 0) is 31.4 Å². The molecule has 0 unspecified atom stereocenters. The third-order valence-corrected chi connectivity index (χ3v) is 4.53. The number of anilines is 1. The summed E-state index contributed by atoms with van der Waals surface area (Å²) in [4.78, 5) is 12.6. The van der Waals surface area contributed by atoms with Crippen LogP contribution in [0.5, 0.6) is 0 Å². The lowest BCUT2D eigenvalue weighted by Gasteiger charge is -2.34. The van der Waals surface area contributed by atoms with Crippen molar-refractivity contribution < 1.29 is 13.6 Å². The molecule has 0 atom stereocenters. The van der Waals surface area contributed by atoms with Gasteiger partial charge < -0.3 is 11.1 Å². The van der Waals surface area contributed by atoms with E-state index in [0.717, 1.165) is 25.3 Å². The highest BCUT2D eigenvalue weighted by Crippen LogP contribution is 2.38. The van der Waals surface area contributed by atoms with Gasteiger partial charge in [0.2, 0.25) is 5.91 Å². The van der Waals surface area contributed by atoms with Crippen LogP contribution in [0, 0.1) is 24.0 Å². The number of thiocarbonyl (C=S) groups is 1. The predicted molar refractivity (Wildman–Crippen MR) is 82.0 cm³/mol. The summed E-state index contributed by atoms with van der Waals surface area (Å²) in [5, 5.41) is 2.35. The van der Waals surface area contributed by atoms with Gasteiger partial charge in [-0.25, -0.2) is 8.78 Å². The Morgan fingerprint density at radius 2 is 1.90 bits per heavy atom. The van der Waals surface area contributed by atoms with Gasteiger partial charge in [0.25, 0.3) is 0 Å². The molecule has 1 amide bonds. The van der Waals surface area contributed by atoms with E-state index >= 15 is 0 Å². The van der Waals surface area contributed by atoms with E-state index in [-0.39, 0.29) is 10.6 Å². The molecule has 2 rings (SSSR count). The Morgan fingerprint density at radius 1 is 1.29 bits per heavy atom. The summed E-state index contributed by atoms with van der Waals surface area (Å²) in [6.45, 7) is 1.51. The molecule has 0 bridgehead atoms. The van der Waals surface area contributed by atoms with Crippen LogP contribution in [0.2, 0.25) is 0 Å². The van der Waals surface area contributed by atoms with E-state index in [1.54, 1.807) is 0 Å². The van der Waals surface area contributed by atoms with Crippen molar-refractivity contribution in [1.82, 2.24) is 0 Å². The molecule has 0 saturated heterocycles. The molecule has 21 heavy (non-hydrogen) atoms. The van der Waals surface area contributed by atoms with E-state index in [0.29, 0.717) is 12.8 Å². The molecule has 1 aliphatic carbocycles. The summed E-state index contributed by atoms with van der Waals surface area (Å²) in [5.74, 6) is -2.09. The van der Waals surface area contributed by atoms with Gasteiger partial charge in [0.15, 0.2) is 5.82 Å². The fourth-order valence-corrected chi connectivity index (χ4v) is 3.04. The maximum absolute atomic E-state index is 14.0. The number of aryl methyl sites for hydroxylation is 1. The second-order valence-electron chi connectivity index (χ2n) is 5.51. The molecule has 6 heteroatoms. The Hall–Kier alpha value is -1.56. The van der Waals surface area contributed by atoms with Crippen molar-refractivity contribution in [3.05, 3.63) is 29.3 Å². The maximum atomic E-state index is 14.0. The molecule has 0 aromatic heterocycles. The van der Waals surface area contributed by atoms with Crippen LogP contribution in [0.4, 0.5) is 14.5 Å². The summed E-state index contributed by atoms with van der Waals surface area (Å²) in [5.41, 5.74) is 4.58. The highest BCUT2D eigenvalue weighted by molar-refractivity contribution is 7.80. The zero-order chi connectivity index (χ0) is 15.6. The standard InChI is InChI=1S/C15H18F2N2OS/c1-9-5-6-10(16)12(11(9)17)19-14(20)15(13(18)21)7-3-2-4-8-15/h5-6H,2-4,7-8H2,1H3,(H2,18,21)(H,19,20). The molecule has 1 aromatic rings. The van der Waals surface area contributed by atoms with Gasteiger partial charge in [0.1, 0.15) is 11.5 Å². The third kappa shape index (κ3) is 2.90. The largest absolute Gasteiger partial charge is 0.392 e. The van der Waals surface area contributed by atoms with Gasteiger partial charge in [-0.2, -0.15) is 0 Å². The second kappa shape index (κ2) is 6.05. The molecular weight excluding hydrogens is 294 g/mol. The summed E-state index contributed by atoms with van der Waals surface area (Å²) in [7, 11) is 0. The predicted octanol–water partition coefficient (Wildman–Crippen LogP) is 3.45. The van der Waals surface area contributed by atoms with Crippen molar-refractivity contribution in [1.29, 1.82) is 0 Å². The first-order valence-corrected chi connectivity index (χ1v) is 7.35. The number of hydrogen-bond donors (Lipinski definition) is 2. The third-order valence-electron chi connectivity index (χ3n) is 4.14. The molecule has 1 aliphatic rings. The summed E-state index contributed by atoms with van der Waals surface area (Å²) >= 11 is 5.04. The van der Waals surface area contributed by atoms with E-state index in [4.69, 9.17) is 18.0 Å². The van der Waals surface area contributed by atoms with Crippen molar-refractivity contribution in [2.24, 2.45) is 11.1 Å². The van der Waals surface area contributed by atoms with Crippen LogP contribution in [0.25, 0.3) is 0 Å². The Labute approximate surface area is 127 Å². The van der Waals surface area contributed by atoms with Crippen molar-refractivity contribution >= 4 is 28.8 Å². The molecule has 0 spiro atoms. The summed E-state index contributed by atoms with van der Waals surface area (Å²) in [6.07, 6.45) is 3.68. The molecule has 114 valence electrons. The minimum atomic E-state index is -1.00. The maximum Gasteiger partial charge on any atom is 0.237 e. The lowest BCUT2D eigenvalue weighted by molar-refractivity contribution is -0.123. The first-order valence-electron chi connectivity index (χ1n) is 6.94. The smallest absolute Gasteiger partial charge is 0.237 e. The fourth-order valence-electron chi connectivity index (χ4n) is 2.75. The number of hydrogen-bond acceptors (Lipinski definition) is 2. The van der Waals surface area contributed by atoms with Gasteiger partial charge in [0.05, 0.1) is 10.4 Å². The number of amides is 1. The topological polar surface area (TPSA) is 55.1 Å². The van der Waals surface area contributed by atoms with Crippen LogP contribution in [0.15, 0.2) is 12.1 Å². The van der Waals surface area contributed by atoms with Crippen LogP contribution in [0.1, 0.15) is 37.7 Å². The van der Waals surface area contributed by atoms with Gasteiger partial charge >= 0.3 is 0 Å². The first-order chi connectivity index (χ1) is 9.88. The van der Waals surface area contributed by atoms with Gasteiger partial charge in [-0.3, -0.25) is 4.79 Å². The summed E-state index contributed by atoms with van der Waals surface area (Å²) in [6, 6.07) is 2.45. The Kier molecular flexibility index (Phi) is 4.56. The highest BCUT2D eigenvalue weighted by Gasteiger charge is 2.42. The average Bonchev–Trinajstić information content (AvgIpc) is 2.48. The fraction of sp³-hybridized carbons (Fsp3) is 0.467. The quantitative estimate of drug-likeness (QED) is 0.841. The number of nitrogens with two attached hydrogens (primary N) is 1. The zero-order valence-corrected chi connectivity index (χ0v) is 12.7. The van der Waals surface area contributed by atoms with Crippen LogP contribution in [-0.2, 0) is 4.79 Å². The van der Waals surface area contributed by atoms with Crippen molar-refractivity contribution in [2.45, 2.75) is 39.0 Å². The Morgan fingerprint density at radius 3 is 2.48 bits per heavy atom. The number of carbonyl (C=O) groups excluding carboxylic acids is 1. The zero-order valence-electron chi connectivity index (χ0n) is 11.8. The van der Waals surface area contributed by atoms with Crippen LogP contribution < -0.4 is 11.1 Å². The van der Waals surface area contributed by atoms with Gasteiger partial charge in [-0.15, -0.1) is 0 Å². The van der Waals surface area contributed by atoms with E-state index < -0.39 is 28.6 Å². The molecule has 1 aromatic carbocycles. The Bertz CT molecular complexity index is 583. The number of rotatable bonds is 3. The van der Waals surface area contributed by atoms with Crippen molar-refractivity contribution in [3.63, 3.8) is 0 Å². The number of nitrogens with one attached hydrogen (secondary N) is 1. The van der Waals surface area contributed by atoms with Crippen molar-refractivity contribution in [3.8, 4) is 0 Å². The second-order valence-corrected chi connectivity index (χ2v) is 5.95. The minimum absolute atomic E-state index is 0.0909. The molecule has 1 fully saturated rings. The molecule has 0 radical (unpaired) electrons.